The first-order valence-electron chi connectivity index (χ1n) is 11.4. The fourth-order valence-electron chi connectivity index (χ4n) is 5.94. The quantitative estimate of drug-likeness (QED) is 0.110. The second-order valence-electron chi connectivity index (χ2n) is 11.8. The molecule has 0 saturated heterocycles. The standard InChI is InChI=1S/C23H42N2O4.2HI/c1-24(2,3)7-9-28-22(26)21(23(27)29-10-8-25(4,5)6)20-18-12-16-11-17(14-18)15-19(20)13-16;;/h16-21H,7-15H2,1-6H3;2*1H/q+2;;/p-2. The van der Waals surface area contributed by atoms with Gasteiger partial charge in [0, 0.05) is 0 Å². The normalized spacial score (nSPS) is 29.2. The Morgan fingerprint density at radius 2 is 1.06 bits per heavy atom. The van der Waals surface area contributed by atoms with Crippen molar-refractivity contribution in [1.82, 2.24) is 0 Å². The van der Waals surface area contributed by atoms with Crippen LogP contribution in [0.1, 0.15) is 32.1 Å². The molecule has 0 aromatic carbocycles. The molecule has 4 saturated carbocycles. The van der Waals surface area contributed by atoms with E-state index in [2.05, 4.69) is 42.3 Å². The minimum absolute atomic E-state index is 0. The van der Waals surface area contributed by atoms with Crippen molar-refractivity contribution >= 4 is 11.9 Å². The van der Waals surface area contributed by atoms with Gasteiger partial charge in [0.15, 0.2) is 5.92 Å². The summed E-state index contributed by atoms with van der Waals surface area (Å²) in [5.41, 5.74) is 0. The van der Waals surface area contributed by atoms with Crippen molar-refractivity contribution in [3.63, 3.8) is 0 Å². The number of hydrogen-bond acceptors (Lipinski definition) is 4. The molecule has 182 valence electrons. The molecule has 4 bridgehead atoms. The van der Waals surface area contributed by atoms with Crippen LogP contribution in [-0.4, -0.2) is 89.5 Å². The van der Waals surface area contributed by atoms with Gasteiger partial charge in [-0.05, 0) is 61.7 Å². The van der Waals surface area contributed by atoms with Crippen LogP contribution in [0.5, 0.6) is 0 Å². The van der Waals surface area contributed by atoms with Gasteiger partial charge in [-0.15, -0.1) is 0 Å². The van der Waals surface area contributed by atoms with E-state index >= 15 is 0 Å². The second kappa shape index (κ2) is 11.6. The third-order valence-corrected chi connectivity index (χ3v) is 7.21. The zero-order valence-corrected chi connectivity index (χ0v) is 24.4. The van der Waals surface area contributed by atoms with E-state index in [0.717, 1.165) is 33.9 Å². The molecule has 6 nitrogen and oxygen atoms in total. The highest BCUT2D eigenvalue weighted by Gasteiger charge is 2.54. The van der Waals surface area contributed by atoms with Gasteiger partial charge in [0.2, 0.25) is 0 Å². The van der Waals surface area contributed by atoms with E-state index in [1.54, 1.807) is 0 Å². The summed E-state index contributed by atoms with van der Waals surface area (Å²) in [6.45, 7) is 2.16. The van der Waals surface area contributed by atoms with Gasteiger partial charge >= 0.3 is 11.9 Å². The number of likely N-dealkylation sites (N-methyl/N-ethyl adjacent to an activating group) is 2. The van der Waals surface area contributed by atoms with Gasteiger partial charge in [-0.3, -0.25) is 9.59 Å². The summed E-state index contributed by atoms with van der Waals surface area (Å²) >= 11 is 0. The summed E-state index contributed by atoms with van der Waals surface area (Å²) < 4.78 is 12.7. The Morgan fingerprint density at radius 3 is 1.39 bits per heavy atom. The Morgan fingerprint density at radius 1 is 0.710 bits per heavy atom. The van der Waals surface area contributed by atoms with Gasteiger partial charge in [-0.1, -0.05) is 0 Å². The lowest BCUT2D eigenvalue weighted by Gasteiger charge is -2.55. The molecule has 0 spiro atoms. The lowest BCUT2D eigenvalue weighted by Crippen LogP contribution is -3.00. The molecule has 4 aliphatic rings. The van der Waals surface area contributed by atoms with Crippen molar-refractivity contribution in [1.29, 1.82) is 0 Å². The molecule has 0 aromatic rings. The molecule has 4 aliphatic carbocycles. The molecule has 0 unspecified atom stereocenters. The summed E-state index contributed by atoms with van der Waals surface area (Å²) in [5, 5.41) is 0. The van der Waals surface area contributed by atoms with Crippen LogP contribution in [0.2, 0.25) is 0 Å². The predicted octanol–water partition coefficient (Wildman–Crippen LogP) is -3.82. The van der Waals surface area contributed by atoms with Gasteiger partial charge in [0.25, 0.3) is 0 Å². The lowest BCUT2D eigenvalue weighted by molar-refractivity contribution is -0.870. The van der Waals surface area contributed by atoms with Gasteiger partial charge in [0.1, 0.15) is 26.3 Å². The van der Waals surface area contributed by atoms with Crippen LogP contribution in [0.15, 0.2) is 0 Å². The fraction of sp³-hybridized carbons (Fsp3) is 0.913. The lowest BCUT2D eigenvalue weighted by atomic mass is 9.49. The molecular weight excluding hydrogens is 622 g/mol. The molecule has 0 radical (unpaired) electrons. The smallest absolute Gasteiger partial charge is 0.320 e. The van der Waals surface area contributed by atoms with E-state index in [1.807, 2.05) is 0 Å². The van der Waals surface area contributed by atoms with Crippen molar-refractivity contribution in [2.75, 3.05) is 68.6 Å². The number of carbonyl (C=O) groups excluding carboxylic acids is 2. The predicted molar refractivity (Wildman–Crippen MR) is 112 cm³/mol. The molecule has 4 rings (SSSR count). The topological polar surface area (TPSA) is 52.6 Å². The molecule has 0 amide bonds. The largest absolute Gasteiger partial charge is 1.00 e. The van der Waals surface area contributed by atoms with E-state index in [1.165, 1.54) is 32.1 Å². The van der Waals surface area contributed by atoms with Crippen LogP contribution in [0.25, 0.3) is 0 Å². The number of hydrogen-bond donors (Lipinski definition) is 0. The molecule has 0 heterocycles. The van der Waals surface area contributed by atoms with Gasteiger partial charge in [-0.25, -0.2) is 0 Å². The maximum Gasteiger partial charge on any atom is 0.320 e. The van der Waals surface area contributed by atoms with Crippen molar-refractivity contribution in [3.05, 3.63) is 0 Å². The highest BCUT2D eigenvalue weighted by Crippen LogP contribution is 2.58. The third kappa shape index (κ3) is 8.24. The zero-order chi connectivity index (χ0) is 21.4. The molecule has 0 aromatic heterocycles. The van der Waals surface area contributed by atoms with Gasteiger partial charge < -0.3 is 66.4 Å². The number of quaternary nitrogens is 2. The number of ether oxygens (including phenoxy) is 2. The van der Waals surface area contributed by atoms with Gasteiger partial charge in [0.05, 0.1) is 42.3 Å². The Bertz CT molecular complexity index is 556. The van der Waals surface area contributed by atoms with Crippen molar-refractivity contribution in [2.45, 2.75) is 32.1 Å². The van der Waals surface area contributed by atoms with Crippen LogP contribution in [-0.2, 0) is 19.1 Å². The first kappa shape index (κ1) is 29.4. The van der Waals surface area contributed by atoms with E-state index in [0.29, 0.717) is 25.0 Å². The molecule has 31 heavy (non-hydrogen) atoms. The molecule has 0 aliphatic heterocycles. The van der Waals surface area contributed by atoms with Crippen LogP contribution in [0.4, 0.5) is 0 Å². The van der Waals surface area contributed by atoms with Crippen LogP contribution < -0.4 is 48.0 Å². The highest BCUT2D eigenvalue weighted by molar-refractivity contribution is 5.95. The molecular formula is C23H42I2N2O4. The zero-order valence-electron chi connectivity index (χ0n) is 20.1. The second-order valence-corrected chi connectivity index (χ2v) is 11.8. The van der Waals surface area contributed by atoms with Crippen LogP contribution >= 0.6 is 0 Å². The minimum Gasteiger partial charge on any atom is -1.00 e. The maximum absolute atomic E-state index is 13.1. The van der Waals surface area contributed by atoms with E-state index in [9.17, 15) is 9.59 Å². The maximum atomic E-state index is 13.1. The number of carbonyl (C=O) groups is 2. The first-order chi connectivity index (χ1) is 13.4. The SMILES string of the molecule is C[N+](C)(C)CCOC(=O)C(C(=O)OCC[N+](C)(C)C)C1C2CC3CC(C2)CC1C3.[I-].[I-]. The Kier molecular flexibility index (Phi) is 11.0. The summed E-state index contributed by atoms with van der Waals surface area (Å²) in [6.07, 6.45) is 6.05. The molecule has 4 fully saturated rings. The Labute approximate surface area is 223 Å². The fourth-order valence-corrected chi connectivity index (χ4v) is 5.94. The number of nitrogens with zero attached hydrogens (tertiary/aromatic N) is 2. The van der Waals surface area contributed by atoms with Crippen LogP contribution in [0, 0.1) is 35.5 Å². The van der Waals surface area contributed by atoms with Crippen molar-refractivity contribution in [2.24, 2.45) is 35.5 Å². The van der Waals surface area contributed by atoms with Crippen molar-refractivity contribution in [3.8, 4) is 0 Å². The van der Waals surface area contributed by atoms with E-state index < -0.39 is 5.92 Å². The molecule has 0 N–H and O–H groups in total. The first-order valence-corrected chi connectivity index (χ1v) is 11.4. The summed E-state index contributed by atoms with van der Waals surface area (Å²) in [4.78, 5) is 26.2. The Balaban J connectivity index is 0.00000240. The average molecular weight is 664 g/mol. The summed E-state index contributed by atoms with van der Waals surface area (Å²) in [7, 11) is 12.4. The number of halogens is 2. The number of rotatable bonds is 9. The van der Waals surface area contributed by atoms with Gasteiger partial charge in [-0.2, -0.15) is 0 Å². The monoisotopic (exact) mass is 664 g/mol. The molecule has 8 heteroatoms. The van der Waals surface area contributed by atoms with Crippen LogP contribution in [0.3, 0.4) is 0 Å². The highest BCUT2D eigenvalue weighted by atomic mass is 127. The third-order valence-electron chi connectivity index (χ3n) is 7.21. The summed E-state index contributed by atoms with van der Waals surface area (Å²) in [5.74, 6) is 1.22. The number of esters is 2. The minimum atomic E-state index is -0.745. The average Bonchev–Trinajstić information content (AvgIpc) is 2.54. The molecule has 0 atom stereocenters. The Hall–Kier alpha value is 0.320. The van der Waals surface area contributed by atoms with Crippen molar-refractivity contribution < 1.29 is 76.0 Å². The van der Waals surface area contributed by atoms with E-state index in [-0.39, 0.29) is 65.8 Å². The van der Waals surface area contributed by atoms with E-state index in [4.69, 9.17) is 9.47 Å². The summed E-state index contributed by atoms with van der Waals surface area (Å²) in [6, 6.07) is 0.